The summed E-state index contributed by atoms with van der Waals surface area (Å²) < 4.78 is 5.17. The van der Waals surface area contributed by atoms with Crippen LogP contribution in [-0.4, -0.2) is 12.1 Å². The number of hydrogen-bond donors (Lipinski definition) is 0. The number of hydrogen-bond acceptors (Lipinski definition) is 4. The molecule has 25 heavy (non-hydrogen) atoms. The lowest BCUT2D eigenvalue weighted by Gasteiger charge is -2.00. The second-order valence-electron chi connectivity index (χ2n) is 5.23. The Labute approximate surface area is 151 Å². The molecule has 0 spiro atoms. The number of aromatic nitrogens is 1. The van der Waals surface area contributed by atoms with Gasteiger partial charge in [-0.2, -0.15) is 5.26 Å². The summed E-state index contributed by atoms with van der Waals surface area (Å²) in [6, 6.07) is 19.9. The molecule has 0 saturated carbocycles. The van der Waals surface area contributed by atoms with Crippen molar-refractivity contribution in [3.05, 3.63) is 82.7 Å². The van der Waals surface area contributed by atoms with E-state index in [-0.39, 0.29) is 0 Å². The van der Waals surface area contributed by atoms with Crippen LogP contribution in [0.5, 0.6) is 5.75 Å². The largest absolute Gasteiger partial charge is 0.497 e. The van der Waals surface area contributed by atoms with E-state index in [1.54, 1.807) is 13.2 Å². The van der Waals surface area contributed by atoms with Gasteiger partial charge in [0, 0.05) is 10.9 Å². The van der Waals surface area contributed by atoms with Gasteiger partial charge < -0.3 is 4.74 Å². The van der Waals surface area contributed by atoms with E-state index in [1.165, 1.54) is 11.3 Å². The van der Waals surface area contributed by atoms with Crippen LogP contribution in [-0.2, 0) is 0 Å². The van der Waals surface area contributed by atoms with Crippen molar-refractivity contribution in [1.29, 1.82) is 5.26 Å². The van der Waals surface area contributed by atoms with E-state index in [2.05, 4.69) is 11.1 Å². The number of nitrogens with zero attached hydrogens (tertiary/aromatic N) is 2. The van der Waals surface area contributed by atoms with Crippen LogP contribution in [0.15, 0.2) is 72.1 Å². The highest BCUT2D eigenvalue weighted by atomic mass is 32.1. The summed E-state index contributed by atoms with van der Waals surface area (Å²) in [5, 5.41) is 12.1. The lowest BCUT2D eigenvalue weighted by Crippen LogP contribution is -1.84. The molecule has 0 N–H and O–H groups in total. The Kier molecular flexibility index (Phi) is 5.40. The minimum atomic E-state index is 0.553. The SMILES string of the molecule is COc1ccc(-c2csc(/C(C#N)=C\C=C\c3ccccc3)n2)cc1. The van der Waals surface area contributed by atoms with E-state index in [9.17, 15) is 5.26 Å². The summed E-state index contributed by atoms with van der Waals surface area (Å²) in [7, 11) is 1.64. The highest BCUT2D eigenvalue weighted by molar-refractivity contribution is 7.11. The molecule has 4 heteroatoms. The van der Waals surface area contributed by atoms with Crippen LogP contribution in [0, 0.1) is 11.3 Å². The average molecular weight is 344 g/mol. The van der Waals surface area contributed by atoms with E-state index < -0.39 is 0 Å². The number of allylic oxidation sites excluding steroid dienone is 3. The average Bonchev–Trinajstić information content (AvgIpc) is 3.16. The molecule has 1 heterocycles. The van der Waals surface area contributed by atoms with Crippen molar-refractivity contribution in [3.63, 3.8) is 0 Å². The Morgan fingerprint density at radius 1 is 1.12 bits per heavy atom. The van der Waals surface area contributed by atoms with Crippen molar-refractivity contribution in [2.24, 2.45) is 0 Å². The van der Waals surface area contributed by atoms with Crippen molar-refractivity contribution in [3.8, 4) is 23.1 Å². The third kappa shape index (κ3) is 4.23. The van der Waals surface area contributed by atoms with Crippen LogP contribution in [0.1, 0.15) is 10.6 Å². The molecule has 0 amide bonds. The first kappa shape index (κ1) is 16.7. The Hall–Kier alpha value is -3.16. The van der Waals surface area contributed by atoms with Gasteiger partial charge in [-0.3, -0.25) is 0 Å². The minimum Gasteiger partial charge on any atom is -0.497 e. The van der Waals surface area contributed by atoms with Gasteiger partial charge in [0.25, 0.3) is 0 Å². The zero-order valence-electron chi connectivity index (χ0n) is 13.7. The molecule has 1 aromatic heterocycles. The molecule has 0 saturated heterocycles. The smallest absolute Gasteiger partial charge is 0.134 e. The molecule has 0 aliphatic carbocycles. The molecule has 0 radical (unpaired) electrons. The van der Waals surface area contributed by atoms with Gasteiger partial charge in [-0.05, 0) is 35.9 Å². The molecular formula is C21H16N2OS. The Balaban J connectivity index is 1.80. The van der Waals surface area contributed by atoms with Gasteiger partial charge in [0.2, 0.25) is 0 Å². The molecule has 2 aromatic carbocycles. The summed E-state index contributed by atoms with van der Waals surface area (Å²) in [4.78, 5) is 4.59. The van der Waals surface area contributed by atoms with Crippen molar-refractivity contribution in [2.45, 2.75) is 0 Å². The maximum Gasteiger partial charge on any atom is 0.134 e. The molecule has 3 nitrogen and oxygen atoms in total. The fourth-order valence-electron chi connectivity index (χ4n) is 2.27. The summed E-state index contributed by atoms with van der Waals surface area (Å²) in [6.07, 6.45) is 5.64. The van der Waals surface area contributed by atoms with Gasteiger partial charge >= 0.3 is 0 Å². The summed E-state index contributed by atoms with van der Waals surface area (Å²) in [6.45, 7) is 0. The standard InChI is InChI=1S/C21H16N2OS/c1-24-19-12-10-17(11-13-19)20-15-25-21(23-20)18(14-22)9-5-8-16-6-3-2-4-7-16/h2-13,15H,1H3/b8-5+,18-9-. The first-order valence-corrected chi connectivity index (χ1v) is 8.62. The molecular weight excluding hydrogens is 328 g/mol. The second kappa shape index (κ2) is 8.09. The van der Waals surface area contributed by atoms with Gasteiger partial charge in [0.05, 0.1) is 18.4 Å². The quantitative estimate of drug-likeness (QED) is 0.457. The van der Waals surface area contributed by atoms with Crippen LogP contribution in [0.4, 0.5) is 0 Å². The predicted octanol–water partition coefficient (Wildman–Crippen LogP) is 5.44. The normalized spacial score (nSPS) is 11.4. The van der Waals surface area contributed by atoms with Crippen LogP contribution in [0.3, 0.4) is 0 Å². The number of nitriles is 1. The third-order valence-corrected chi connectivity index (χ3v) is 4.47. The number of ether oxygens (including phenoxy) is 1. The van der Waals surface area contributed by atoms with Gasteiger partial charge in [0.15, 0.2) is 0 Å². The van der Waals surface area contributed by atoms with Crippen molar-refractivity contribution < 1.29 is 4.74 Å². The molecule has 0 bridgehead atoms. The molecule has 3 rings (SSSR count). The van der Waals surface area contributed by atoms with Crippen LogP contribution >= 0.6 is 11.3 Å². The third-order valence-electron chi connectivity index (χ3n) is 3.59. The van der Waals surface area contributed by atoms with Crippen LogP contribution in [0.2, 0.25) is 0 Å². The zero-order valence-corrected chi connectivity index (χ0v) is 14.5. The molecule has 0 atom stereocenters. The van der Waals surface area contributed by atoms with E-state index in [0.29, 0.717) is 10.6 Å². The molecule has 0 aliphatic heterocycles. The van der Waals surface area contributed by atoms with Gasteiger partial charge in [0.1, 0.15) is 16.8 Å². The second-order valence-corrected chi connectivity index (χ2v) is 6.09. The molecule has 0 aliphatic rings. The highest BCUT2D eigenvalue weighted by Crippen LogP contribution is 2.27. The fraction of sp³-hybridized carbons (Fsp3) is 0.0476. The fourth-order valence-corrected chi connectivity index (χ4v) is 3.07. The monoisotopic (exact) mass is 344 g/mol. The Morgan fingerprint density at radius 2 is 1.88 bits per heavy atom. The first-order valence-electron chi connectivity index (χ1n) is 7.74. The minimum absolute atomic E-state index is 0.553. The van der Waals surface area contributed by atoms with Crippen molar-refractivity contribution in [1.82, 2.24) is 4.98 Å². The first-order chi connectivity index (χ1) is 12.3. The summed E-state index contributed by atoms with van der Waals surface area (Å²) in [5.74, 6) is 0.808. The molecule has 122 valence electrons. The lowest BCUT2D eigenvalue weighted by atomic mass is 10.1. The summed E-state index contributed by atoms with van der Waals surface area (Å²) in [5.41, 5.74) is 3.50. The molecule has 0 fully saturated rings. The Morgan fingerprint density at radius 3 is 2.56 bits per heavy atom. The van der Waals surface area contributed by atoms with Gasteiger partial charge in [-0.15, -0.1) is 11.3 Å². The van der Waals surface area contributed by atoms with Crippen molar-refractivity contribution in [2.75, 3.05) is 7.11 Å². The molecule has 0 unspecified atom stereocenters. The number of rotatable bonds is 5. The number of benzene rings is 2. The number of thiazole rings is 1. The highest BCUT2D eigenvalue weighted by Gasteiger charge is 2.08. The lowest BCUT2D eigenvalue weighted by molar-refractivity contribution is 0.415. The van der Waals surface area contributed by atoms with Crippen LogP contribution < -0.4 is 4.74 Å². The Bertz CT molecular complexity index is 932. The maximum atomic E-state index is 9.42. The maximum absolute atomic E-state index is 9.42. The summed E-state index contributed by atoms with van der Waals surface area (Å²) >= 11 is 1.47. The van der Waals surface area contributed by atoms with Gasteiger partial charge in [-0.25, -0.2) is 4.98 Å². The van der Waals surface area contributed by atoms with E-state index in [1.807, 2.05) is 72.1 Å². The van der Waals surface area contributed by atoms with Crippen molar-refractivity contribution >= 4 is 23.0 Å². The number of methoxy groups -OCH3 is 1. The van der Waals surface area contributed by atoms with E-state index in [4.69, 9.17) is 4.74 Å². The van der Waals surface area contributed by atoms with E-state index >= 15 is 0 Å². The zero-order chi connectivity index (χ0) is 17.5. The van der Waals surface area contributed by atoms with E-state index in [0.717, 1.165) is 22.6 Å². The molecule has 3 aromatic rings. The topological polar surface area (TPSA) is 45.9 Å². The van der Waals surface area contributed by atoms with Crippen LogP contribution in [0.25, 0.3) is 22.9 Å². The predicted molar refractivity (Wildman–Crippen MR) is 103 cm³/mol. The van der Waals surface area contributed by atoms with Gasteiger partial charge in [-0.1, -0.05) is 42.5 Å².